The maximum atomic E-state index is 10.1. The molecule has 0 spiro atoms. The standard InChI is InChI=1S/C11H11NO3/c1-14-10-2-3-11-8(5-10)4-9(6-15-11)12-7-13/h2-3,5,9H,4,6H2,1H3. The molecule has 0 radical (unpaired) electrons. The van der Waals surface area contributed by atoms with Gasteiger partial charge in [0.1, 0.15) is 24.1 Å². The molecule has 0 amide bonds. The van der Waals surface area contributed by atoms with Crippen LogP contribution in [0.4, 0.5) is 0 Å². The summed E-state index contributed by atoms with van der Waals surface area (Å²) in [6.07, 6.45) is 2.26. The molecule has 0 N–H and O–H groups in total. The Hall–Kier alpha value is -1.80. The summed E-state index contributed by atoms with van der Waals surface area (Å²) in [6.45, 7) is 0.439. The van der Waals surface area contributed by atoms with E-state index < -0.39 is 0 Å². The minimum atomic E-state index is -0.123. The van der Waals surface area contributed by atoms with Crippen molar-refractivity contribution >= 4 is 6.08 Å². The predicted octanol–water partition coefficient (Wildman–Crippen LogP) is 1.33. The third kappa shape index (κ3) is 2.00. The van der Waals surface area contributed by atoms with Crippen LogP contribution in [0.2, 0.25) is 0 Å². The Morgan fingerprint density at radius 2 is 2.47 bits per heavy atom. The normalized spacial score (nSPS) is 18.3. The average Bonchev–Trinajstić information content (AvgIpc) is 2.28. The number of benzene rings is 1. The highest BCUT2D eigenvalue weighted by Gasteiger charge is 2.19. The van der Waals surface area contributed by atoms with E-state index in [0.29, 0.717) is 13.0 Å². The summed E-state index contributed by atoms with van der Waals surface area (Å²) in [5.41, 5.74) is 1.02. The zero-order chi connectivity index (χ0) is 10.7. The van der Waals surface area contributed by atoms with Gasteiger partial charge in [0, 0.05) is 12.0 Å². The van der Waals surface area contributed by atoms with Gasteiger partial charge in [0.2, 0.25) is 6.08 Å². The van der Waals surface area contributed by atoms with Gasteiger partial charge in [-0.3, -0.25) is 0 Å². The Labute approximate surface area is 87.5 Å². The first-order valence-corrected chi connectivity index (χ1v) is 4.70. The van der Waals surface area contributed by atoms with E-state index in [0.717, 1.165) is 17.1 Å². The smallest absolute Gasteiger partial charge is 0.235 e. The van der Waals surface area contributed by atoms with E-state index in [9.17, 15) is 4.79 Å². The first-order valence-electron chi connectivity index (χ1n) is 4.70. The maximum absolute atomic E-state index is 10.1. The molecule has 1 heterocycles. The molecule has 1 aromatic carbocycles. The van der Waals surface area contributed by atoms with Crippen LogP contribution < -0.4 is 9.47 Å². The lowest BCUT2D eigenvalue weighted by atomic mass is 10.0. The van der Waals surface area contributed by atoms with Gasteiger partial charge in [0.15, 0.2) is 0 Å². The lowest BCUT2D eigenvalue weighted by Gasteiger charge is -2.21. The molecule has 0 aromatic heterocycles. The molecule has 0 bridgehead atoms. The van der Waals surface area contributed by atoms with Gasteiger partial charge in [-0.1, -0.05) is 0 Å². The number of carbonyl (C=O) groups excluding carboxylic acids is 1. The fourth-order valence-electron chi connectivity index (χ4n) is 1.64. The number of isocyanates is 1. The second-order valence-electron chi connectivity index (χ2n) is 3.36. The third-order valence-electron chi connectivity index (χ3n) is 2.39. The first kappa shape index (κ1) is 9.74. The van der Waals surface area contributed by atoms with Crippen molar-refractivity contribution in [3.63, 3.8) is 0 Å². The molecule has 1 aliphatic rings. The van der Waals surface area contributed by atoms with Crippen molar-refractivity contribution in [3.05, 3.63) is 23.8 Å². The SMILES string of the molecule is COc1ccc2c(c1)CC(N=C=O)CO2. The van der Waals surface area contributed by atoms with Crippen LogP contribution in [0, 0.1) is 0 Å². The molecule has 1 aliphatic heterocycles. The number of nitrogens with zero attached hydrogens (tertiary/aromatic N) is 1. The molecule has 0 saturated carbocycles. The number of aliphatic imine (C=N–C) groups is 1. The summed E-state index contributed by atoms with van der Waals surface area (Å²) in [5.74, 6) is 1.63. The van der Waals surface area contributed by atoms with Crippen LogP contribution in [0.25, 0.3) is 0 Å². The molecule has 78 valence electrons. The zero-order valence-corrected chi connectivity index (χ0v) is 8.40. The van der Waals surface area contributed by atoms with E-state index in [1.165, 1.54) is 0 Å². The highest BCUT2D eigenvalue weighted by atomic mass is 16.5. The van der Waals surface area contributed by atoms with E-state index >= 15 is 0 Å². The summed E-state index contributed by atoms with van der Waals surface area (Å²) in [6, 6.07) is 5.50. The van der Waals surface area contributed by atoms with Gasteiger partial charge in [0.05, 0.1) is 7.11 Å². The van der Waals surface area contributed by atoms with Crippen LogP contribution in [0.5, 0.6) is 11.5 Å². The summed E-state index contributed by atoms with van der Waals surface area (Å²) < 4.78 is 10.6. The number of methoxy groups -OCH3 is 1. The second kappa shape index (κ2) is 4.15. The minimum Gasteiger partial charge on any atom is -0.497 e. The predicted molar refractivity (Wildman–Crippen MR) is 54.1 cm³/mol. The van der Waals surface area contributed by atoms with Crippen LogP contribution in [-0.2, 0) is 11.2 Å². The number of rotatable bonds is 2. The van der Waals surface area contributed by atoms with Crippen molar-refractivity contribution in [1.29, 1.82) is 0 Å². The number of ether oxygens (including phenoxy) is 2. The number of hydrogen-bond acceptors (Lipinski definition) is 4. The van der Waals surface area contributed by atoms with E-state index in [1.807, 2.05) is 18.2 Å². The molecule has 4 heteroatoms. The Balaban J connectivity index is 2.26. The van der Waals surface area contributed by atoms with E-state index in [1.54, 1.807) is 13.2 Å². The van der Waals surface area contributed by atoms with Crippen molar-refractivity contribution < 1.29 is 14.3 Å². The van der Waals surface area contributed by atoms with Gasteiger partial charge < -0.3 is 9.47 Å². The molecule has 2 rings (SSSR count). The molecular formula is C11H11NO3. The average molecular weight is 205 g/mol. The number of fused-ring (bicyclic) bond motifs is 1. The first-order chi connectivity index (χ1) is 7.33. The molecule has 0 saturated heterocycles. The van der Waals surface area contributed by atoms with Crippen molar-refractivity contribution in [1.82, 2.24) is 0 Å². The Kier molecular flexibility index (Phi) is 2.70. The van der Waals surface area contributed by atoms with Gasteiger partial charge in [-0.05, 0) is 18.2 Å². The highest BCUT2D eigenvalue weighted by molar-refractivity contribution is 5.43. The highest BCUT2D eigenvalue weighted by Crippen LogP contribution is 2.29. The Morgan fingerprint density at radius 3 is 3.20 bits per heavy atom. The molecule has 1 atom stereocenters. The second-order valence-corrected chi connectivity index (χ2v) is 3.36. The van der Waals surface area contributed by atoms with Crippen LogP contribution in [-0.4, -0.2) is 25.8 Å². The molecule has 1 unspecified atom stereocenters. The monoisotopic (exact) mass is 205 g/mol. The van der Waals surface area contributed by atoms with Crippen molar-refractivity contribution in [3.8, 4) is 11.5 Å². The van der Waals surface area contributed by atoms with Crippen molar-refractivity contribution in [2.24, 2.45) is 4.99 Å². The van der Waals surface area contributed by atoms with Crippen LogP contribution in [0.1, 0.15) is 5.56 Å². The van der Waals surface area contributed by atoms with Gasteiger partial charge in [-0.25, -0.2) is 4.79 Å². The number of hydrogen-bond donors (Lipinski definition) is 0. The van der Waals surface area contributed by atoms with Crippen LogP contribution in [0.15, 0.2) is 23.2 Å². The van der Waals surface area contributed by atoms with E-state index in [2.05, 4.69) is 4.99 Å². The zero-order valence-electron chi connectivity index (χ0n) is 8.40. The summed E-state index contributed by atoms with van der Waals surface area (Å²) in [4.78, 5) is 13.8. The Bertz CT molecular complexity index is 410. The van der Waals surface area contributed by atoms with Gasteiger partial charge in [-0.15, -0.1) is 0 Å². The lowest BCUT2D eigenvalue weighted by Crippen LogP contribution is -2.24. The molecule has 0 fully saturated rings. The van der Waals surface area contributed by atoms with Gasteiger partial charge in [-0.2, -0.15) is 4.99 Å². The summed E-state index contributed by atoms with van der Waals surface area (Å²) >= 11 is 0. The minimum absolute atomic E-state index is 0.123. The van der Waals surface area contributed by atoms with Crippen LogP contribution >= 0.6 is 0 Å². The van der Waals surface area contributed by atoms with E-state index in [-0.39, 0.29) is 6.04 Å². The fourth-order valence-corrected chi connectivity index (χ4v) is 1.64. The lowest BCUT2D eigenvalue weighted by molar-refractivity contribution is 0.263. The Morgan fingerprint density at radius 1 is 1.60 bits per heavy atom. The molecule has 1 aromatic rings. The van der Waals surface area contributed by atoms with Crippen LogP contribution in [0.3, 0.4) is 0 Å². The fraction of sp³-hybridized carbons (Fsp3) is 0.364. The third-order valence-corrected chi connectivity index (χ3v) is 2.39. The molecular weight excluding hydrogens is 194 g/mol. The quantitative estimate of drug-likeness (QED) is 0.540. The molecule has 0 aliphatic carbocycles. The van der Waals surface area contributed by atoms with Crippen molar-refractivity contribution in [2.45, 2.75) is 12.5 Å². The summed E-state index contributed by atoms with van der Waals surface area (Å²) in [7, 11) is 1.62. The van der Waals surface area contributed by atoms with Gasteiger partial charge in [0.25, 0.3) is 0 Å². The van der Waals surface area contributed by atoms with E-state index in [4.69, 9.17) is 9.47 Å². The summed E-state index contributed by atoms with van der Waals surface area (Å²) in [5, 5.41) is 0. The largest absolute Gasteiger partial charge is 0.497 e. The van der Waals surface area contributed by atoms with Crippen molar-refractivity contribution in [2.75, 3.05) is 13.7 Å². The molecule has 4 nitrogen and oxygen atoms in total. The maximum Gasteiger partial charge on any atom is 0.235 e. The topological polar surface area (TPSA) is 47.9 Å². The van der Waals surface area contributed by atoms with Gasteiger partial charge >= 0.3 is 0 Å². The molecule has 15 heavy (non-hydrogen) atoms.